The molecule has 1 saturated carbocycles. The second-order valence-electron chi connectivity index (χ2n) is 6.32. The Labute approximate surface area is 133 Å². The summed E-state index contributed by atoms with van der Waals surface area (Å²) in [6.45, 7) is 1.31. The second kappa shape index (κ2) is 5.77. The van der Waals surface area contributed by atoms with E-state index in [2.05, 4.69) is 0 Å². The predicted molar refractivity (Wildman–Crippen MR) is 78.4 cm³/mol. The molecule has 0 radical (unpaired) electrons. The van der Waals surface area contributed by atoms with Crippen LogP contribution in [0.3, 0.4) is 0 Å². The highest BCUT2D eigenvalue weighted by molar-refractivity contribution is 5.90. The van der Waals surface area contributed by atoms with Crippen LogP contribution >= 0.6 is 0 Å². The molecule has 1 aliphatic carbocycles. The van der Waals surface area contributed by atoms with Gasteiger partial charge < -0.3 is 14.6 Å². The minimum Gasteiger partial charge on any atom is -0.462 e. The number of hydrogen-bond acceptors (Lipinski definition) is 6. The summed E-state index contributed by atoms with van der Waals surface area (Å²) in [5.74, 6) is -2.31. The molecule has 6 nitrogen and oxygen atoms in total. The van der Waals surface area contributed by atoms with E-state index in [1.807, 2.05) is 0 Å². The Kier molecular flexibility index (Phi) is 3.93. The van der Waals surface area contributed by atoms with Crippen LogP contribution in [-0.4, -0.2) is 41.1 Å². The largest absolute Gasteiger partial charge is 0.462 e. The number of aliphatic hydroxyl groups is 1. The first-order valence-electron chi connectivity index (χ1n) is 7.57. The number of rotatable bonds is 3. The van der Waals surface area contributed by atoms with Crippen LogP contribution in [0.15, 0.2) is 30.3 Å². The van der Waals surface area contributed by atoms with Crippen LogP contribution in [0.2, 0.25) is 0 Å². The van der Waals surface area contributed by atoms with E-state index in [1.165, 1.54) is 6.92 Å². The summed E-state index contributed by atoms with van der Waals surface area (Å²) in [6.07, 6.45) is -0.363. The molecule has 0 unspecified atom stereocenters. The smallest absolute Gasteiger partial charge is 0.338 e. The Morgan fingerprint density at radius 1 is 1.35 bits per heavy atom. The Morgan fingerprint density at radius 2 is 2.04 bits per heavy atom. The maximum atomic E-state index is 12.0. The molecule has 1 aromatic rings. The average molecular weight is 318 g/mol. The van der Waals surface area contributed by atoms with E-state index < -0.39 is 29.6 Å². The zero-order valence-corrected chi connectivity index (χ0v) is 12.7. The standard InChI is InChI=1S/C17H18O6/c1-17(21)8-13-11(7-14(17)18)12(16(20)23-13)9-22-15(19)10-5-3-2-4-6-10/h2-6,11-13,21H,7-9H2,1H3/t11-,12-,13+,17-/m1/s1. The quantitative estimate of drug-likeness (QED) is 0.840. The molecule has 1 saturated heterocycles. The van der Waals surface area contributed by atoms with Gasteiger partial charge in [0, 0.05) is 18.8 Å². The molecule has 0 amide bonds. The number of fused-ring (bicyclic) bond motifs is 1. The minimum absolute atomic E-state index is 0.0525. The van der Waals surface area contributed by atoms with Crippen molar-refractivity contribution in [2.75, 3.05) is 6.61 Å². The molecule has 1 heterocycles. The third kappa shape index (κ3) is 2.99. The van der Waals surface area contributed by atoms with Gasteiger partial charge in [0.05, 0.1) is 11.5 Å². The van der Waals surface area contributed by atoms with E-state index in [0.29, 0.717) is 5.56 Å². The van der Waals surface area contributed by atoms with Crippen molar-refractivity contribution in [3.8, 4) is 0 Å². The van der Waals surface area contributed by atoms with Gasteiger partial charge in [-0.3, -0.25) is 9.59 Å². The number of carbonyl (C=O) groups is 3. The molecule has 0 aromatic heterocycles. The highest BCUT2D eigenvalue weighted by Crippen LogP contribution is 2.41. The number of carbonyl (C=O) groups excluding carboxylic acids is 3. The lowest BCUT2D eigenvalue weighted by Gasteiger charge is -2.34. The molecule has 3 rings (SSSR count). The molecule has 2 fully saturated rings. The van der Waals surface area contributed by atoms with Crippen molar-refractivity contribution in [2.24, 2.45) is 11.8 Å². The van der Waals surface area contributed by atoms with Crippen molar-refractivity contribution >= 4 is 17.7 Å². The topological polar surface area (TPSA) is 89.9 Å². The lowest BCUT2D eigenvalue weighted by atomic mass is 9.73. The molecule has 6 heteroatoms. The highest BCUT2D eigenvalue weighted by atomic mass is 16.6. The normalized spacial score (nSPS) is 33.0. The lowest BCUT2D eigenvalue weighted by Crippen LogP contribution is -2.47. The van der Waals surface area contributed by atoms with Gasteiger partial charge in [0.15, 0.2) is 5.78 Å². The van der Waals surface area contributed by atoms with Crippen LogP contribution < -0.4 is 0 Å². The molecule has 1 N–H and O–H groups in total. The molecular formula is C17H18O6. The third-order valence-electron chi connectivity index (χ3n) is 4.59. The second-order valence-corrected chi connectivity index (χ2v) is 6.32. The van der Waals surface area contributed by atoms with Gasteiger partial charge in [0.1, 0.15) is 18.3 Å². The maximum absolute atomic E-state index is 12.0. The van der Waals surface area contributed by atoms with Crippen molar-refractivity contribution in [1.29, 1.82) is 0 Å². The van der Waals surface area contributed by atoms with E-state index in [-0.39, 0.29) is 31.1 Å². The molecule has 23 heavy (non-hydrogen) atoms. The maximum Gasteiger partial charge on any atom is 0.338 e. The number of ketones is 1. The number of ether oxygens (including phenoxy) is 2. The zero-order chi connectivity index (χ0) is 16.6. The number of esters is 2. The first-order chi connectivity index (χ1) is 10.9. The van der Waals surface area contributed by atoms with Gasteiger partial charge in [0.2, 0.25) is 0 Å². The van der Waals surface area contributed by atoms with Crippen LogP contribution in [0, 0.1) is 11.8 Å². The van der Waals surface area contributed by atoms with Gasteiger partial charge in [0.25, 0.3) is 0 Å². The van der Waals surface area contributed by atoms with E-state index in [4.69, 9.17) is 9.47 Å². The van der Waals surface area contributed by atoms with Crippen molar-refractivity contribution in [3.05, 3.63) is 35.9 Å². The molecule has 4 atom stereocenters. The molecule has 0 bridgehead atoms. The van der Waals surface area contributed by atoms with Crippen LogP contribution in [-0.2, 0) is 19.1 Å². The van der Waals surface area contributed by atoms with Gasteiger partial charge in [-0.25, -0.2) is 4.79 Å². The Hall–Kier alpha value is -2.21. The summed E-state index contributed by atoms with van der Waals surface area (Å²) < 4.78 is 10.5. The van der Waals surface area contributed by atoms with Gasteiger partial charge >= 0.3 is 11.9 Å². The molecule has 1 aliphatic heterocycles. The van der Waals surface area contributed by atoms with E-state index in [1.54, 1.807) is 30.3 Å². The van der Waals surface area contributed by atoms with Gasteiger partial charge in [-0.1, -0.05) is 18.2 Å². The SMILES string of the molecule is C[C@@]1(O)C[C@@H]2OC(=O)[C@H](COC(=O)c3ccccc3)[C@H]2CC1=O. The van der Waals surface area contributed by atoms with Crippen LogP contribution in [0.4, 0.5) is 0 Å². The van der Waals surface area contributed by atoms with E-state index >= 15 is 0 Å². The first-order valence-corrected chi connectivity index (χ1v) is 7.57. The van der Waals surface area contributed by atoms with E-state index in [0.717, 1.165) is 0 Å². The monoisotopic (exact) mass is 318 g/mol. The fraction of sp³-hybridized carbons (Fsp3) is 0.471. The van der Waals surface area contributed by atoms with Crippen LogP contribution in [0.25, 0.3) is 0 Å². The molecular weight excluding hydrogens is 300 g/mol. The van der Waals surface area contributed by atoms with E-state index in [9.17, 15) is 19.5 Å². The number of benzene rings is 1. The van der Waals surface area contributed by atoms with Crippen molar-refractivity contribution in [3.63, 3.8) is 0 Å². The number of Topliss-reactive ketones (excluding diaryl/α,β-unsaturated/α-hetero) is 1. The average Bonchev–Trinajstić information content (AvgIpc) is 2.80. The van der Waals surface area contributed by atoms with Gasteiger partial charge in [-0.05, 0) is 19.1 Å². The molecule has 122 valence electrons. The summed E-state index contributed by atoms with van der Waals surface area (Å²) in [5.41, 5.74) is -1.06. The van der Waals surface area contributed by atoms with Gasteiger partial charge in [-0.2, -0.15) is 0 Å². The van der Waals surface area contributed by atoms with Gasteiger partial charge in [-0.15, -0.1) is 0 Å². The minimum atomic E-state index is -1.46. The molecule has 2 aliphatic rings. The predicted octanol–water partition coefficient (Wildman–Crippen LogP) is 1.12. The summed E-state index contributed by atoms with van der Waals surface area (Å²) in [6, 6.07) is 8.48. The third-order valence-corrected chi connectivity index (χ3v) is 4.59. The van der Waals surface area contributed by atoms with Crippen molar-refractivity contribution < 1.29 is 29.0 Å². The van der Waals surface area contributed by atoms with Crippen molar-refractivity contribution in [2.45, 2.75) is 31.5 Å². The number of hydrogen-bond donors (Lipinski definition) is 1. The molecule has 0 spiro atoms. The summed E-state index contributed by atoms with van der Waals surface area (Å²) in [4.78, 5) is 35.9. The summed E-state index contributed by atoms with van der Waals surface area (Å²) in [7, 11) is 0. The van der Waals surface area contributed by atoms with Crippen molar-refractivity contribution in [1.82, 2.24) is 0 Å². The Balaban J connectivity index is 1.65. The summed E-state index contributed by atoms with van der Waals surface area (Å²) >= 11 is 0. The zero-order valence-electron chi connectivity index (χ0n) is 12.7. The highest BCUT2D eigenvalue weighted by Gasteiger charge is 2.53. The summed E-state index contributed by atoms with van der Waals surface area (Å²) in [5, 5.41) is 10.0. The fourth-order valence-electron chi connectivity index (χ4n) is 3.18. The Bertz CT molecular complexity index is 636. The fourth-order valence-corrected chi connectivity index (χ4v) is 3.18. The van der Waals surface area contributed by atoms with Crippen LogP contribution in [0.5, 0.6) is 0 Å². The lowest BCUT2D eigenvalue weighted by molar-refractivity contribution is -0.153. The molecule has 1 aromatic carbocycles. The first kappa shape index (κ1) is 15.7. The van der Waals surface area contributed by atoms with Crippen LogP contribution in [0.1, 0.15) is 30.1 Å². The Morgan fingerprint density at radius 3 is 2.74 bits per heavy atom.